The van der Waals surface area contributed by atoms with Crippen molar-refractivity contribution in [3.8, 4) is 0 Å². The van der Waals surface area contributed by atoms with Gasteiger partial charge in [-0.3, -0.25) is 0 Å². The summed E-state index contributed by atoms with van der Waals surface area (Å²) >= 11 is 0. The number of aliphatic hydroxyl groups excluding tert-OH is 1. The molecule has 8 rings (SSSR count). The Morgan fingerprint density at radius 2 is 1.17 bits per heavy atom. The minimum Gasteiger partial charge on any atom is -0.450 e. The fourth-order valence-corrected chi connectivity index (χ4v) is 7.64. The molecule has 0 spiro atoms. The Bertz CT molecular complexity index is 2030. The topological polar surface area (TPSA) is 130 Å². The molecule has 1 unspecified atom stereocenters. The number of carbonyl (C=O) groups excluding carboxylic acids is 1. The van der Waals surface area contributed by atoms with Crippen LogP contribution in [0.15, 0.2) is 152 Å². The molecule has 5 aromatic rings. The quantitative estimate of drug-likeness (QED) is 0.108. The molecule has 314 valence electrons. The minimum atomic E-state index is -1.34. The van der Waals surface area contributed by atoms with Gasteiger partial charge in [-0.1, -0.05) is 140 Å². The van der Waals surface area contributed by atoms with E-state index in [9.17, 15) is 9.90 Å². The number of esters is 1. The Morgan fingerprint density at radius 3 is 1.77 bits per heavy atom. The average Bonchev–Trinajstić information content (AvgIpc) is 3.31. The molecular formula is C48H50O12. The molecule has 0 amide bonds. The van der Waals surface area contributed by atoms with Crippen LogP contribution in [0.2, 0.25) is 0 Å². The Morgan fingerprint density at radius 1 is 0.617 bits per heavy atom. The molecule has 12 heteroatoms. The standard InChI is InChI=1S/C48H50O12/c1-51-47-42(39(49)40-38(56-47)31-55-46(59-40)36-25-15-6-16-26-36)60-48-44(58-45(50)35-23-13-5-14-24-35)43(54-29-34-21-11-4-12-22-34)41(53-28-33-19-9-3-10-20-33)37(57-48)30-52-27-32-17-7-2-8-18-32/h2-26,37-44,46-49H,27-31H2,1H3/t37-,38-,39+,40-,41-,42-,43+,44+,46?,47-,48-/m1/s1. The number of hydrogen-bond donors (Lipinski definition) is 1. The van der Waals surface area contributed by atoms with Gasteiger partial charge in [-0.05, 0) is 28.8 Å². The zero-order valence-electron chi connectivity index (χ0n) is 33.3. The van der Waals surface area contributed by atoms with Crippen LogP contribution in [0.3, 0.4) is 0 Å². The maximum absolute atomic E-state index is 14.0. The highest BCUT2D eigenvalue weighted by Crippen LogP contribution is 2.38. The fraction of sp³-hybridized carbons (Fsp3) is 0.354. The van der Waals surface area contributed by atoms with E-state index in [0.717, 1.165) is 22.3 Å². The van der Waals surface area contributed by atoms with Crippen molar-refractivity contribution in [2.75, 3.05) is 20.3 Å². The molecule has 0 aliphatic carbocycles. The zero-order chi connectivity index (χ0) is 41.1. The Balaban J connectivity index is 1.13. The summed E-state index contributed by atoms with van der Waals surface area (Å²) in [6.45, 7) is 0.842. The van der Waals surface area contributed by atoms with Gasteiger partial charge in [0.05, 0.1) is 38.6 Å². The van der Waals surface area contributed by atoms with Crippen molar-refractivity contribution in [1.82, 2.24) is 0 Å². The van der Waals surface area contributed by atoms with E-state index in [0.29, 0.717) is 12.2 Å². The largest absolute Gasteiger partial charge is 0.450 e. The lowest BCUT2D eigenvalue weighted by Gasteiger charge is -2.50. The number of rotatable bonds is 16. The van der Waals surface area contributed by atoms with E-state index in [1.807, 2.05) is 127 Å². The van der Waals surface area contributed by atoms with E-state index in [1.54, 1.807) is 24.3 Å². The van der Waals surface area contributed by atoms with Gasteiger partial charge in [0, 0.05) is 12.7 Å². The van der Waals surface area contributed by atoms with Gasteiger partial charge in [-0.2, -0.15) is 0 Å². The van der Waals surface area contributed by atoms with Gasteiger partial charge in [0.15, 0.2) is 25.0 Å². The van der Waals surface area contributed by atoms with Gasteiger partial charge >= 0.3 is 5.97 Å². The van der Waals surface area contributed by atoms with Crippen molar-refractivity contribution in [3.05, 3.63) is 179 Å². The van der Waals surface area contributed by atoms with Crippen molar-refractivity contribution >= 4 is 5.97 Å². The van der Waals surface area contributed by atoms with Crippen LogP contribution >= 0.6 is 0 Å². The number of hydrogen-bond acceptors (Lipinski definition) is 12. The van der Waals surface area contributed by atoms with Crippen LogP contribution < -0.4 is 0 Å². The molecule has 60 heavy (non-hydrogen) atoms. The van der Waals surface area contributed by atoms with Crippen molar-refractivity contribution in [2.24, 2.45) is 0 Å². The van der Waals surface area contributed by atoms with Gasteiger partial charge in [-0.15, -0.1) is 0 Å². The van der Waals surface area contributed by atoms with E-state index in [-0.39, 0.29) is 26.4 Å². The lowest BCUT2D eigenvalue weighted by molar-refractivity contribution is -0.393. The molecular weight excluding hydrogens is 769 g/mol. The SMILES string of the molecule is CO[C@@H]1O[C@@H]2COC(c3ccccc3)O[C@H]2[C@H](O)[C@H]1O[C@H]1O[C@H](COCc2ccccc2)[C@@H](OCc2ccccc2)[C@H](OCc2ccccc2)[C@@H]1OC(=O)c1ccccc1. The molecule has 3 heterocycles. The normalized spacial score (nSPS) is 29.0. The molecule has 0 bridgehead atoms. The van der Waals surface area contributed by atoms with E-state index in [2.05, 4.69) is 0 Å². The zero-order valence-corrected chi connectivity index (χ0v) is 33.3. The van der Waals surface area contributed by atoms with Crippen molar-refractivity contribution < 1.29 is 57.3 Å². The first-order valence-corrected chi connectivity index (χ1v) is 20.2. The summed E-state index contributed by atoms with van der Waals surface area (Å²) < 4.78 is 64.2. The molecule has 3 aliphatic rings. The molecule has 0 saturated carbocycles. The maximum atomic E-state index is 14.0. The van der Waals surface area contributed by atoms with Crippen molar-refractivity contribution in [2.45, 2.75) is 87.5 Å². The smallest absolute Gasteiger partial charge is 0.338 e. The second-order valence-electron chi connectivity index (χ2n) is 14.8. The third-order valence-electron chi connectivity index (χ3n) is 10.7. The number of fused-ring (bicyclic) bond motifs is 1. The summed E-state index contributed by atoms with van der Waals surface area (Å²) in [6, 6.07) is 47.3. The van der Waals surface area contributed by atoms with Crippen molar-refractivity contribution in [3.63, 3.8) is 0 Å². The van der Waals surface area contributed by atoms with E-state index < -0.39 is 73.7 Å². The van der Waals surface area contributed by atoms with Crippen LogP contribution in [0.25, 0.3) is 0 Å². The van der Waals surface area contributed by atoms with Gasteiger partial charge in [0.2, 0.25) is 0 Å². The number of aliphatic hydroxyl groups is 1. The van der Waals surface area contributed by atoms with Crippen LogP contribution in [0, 0.1) is 0 Å². The molecule has 3 aliphatic heterocycles. The van der Waals surface area contributed by atoms with E-state index in [1.165, 1.54) is 7.11 Å². The first-order valence-electron chi connectivity index (χ1n) is 20.2. The lowest BCUT2D eigenvalue weighted by Crippen LogP contribution is -2.67. The summed E-state index contributed by atoms with van der Waals surface area (Å²) in [6.07, 6.45) is -11.0. The maximum Gasteiger partial charge on any atom is 0.338 e. The minimum absolute atomic E-state index is 0.0556. The highest BCUT2D eigenvalue weighted by molar-refractivity contribution is 5.89. The molecule has 0 radical (unpaired) electrons. The van der Waals surface area contributed by atoms with Crippen LogP contribution in [0.4, 0.5) is 0 Å². The third kappa shape index (κ3) is 10.4. The third-order valence-corrected chi connectivity index (χ3v) is 10.7. The van der Waals surface area contributed by atoms with Gasteiger partial charge in [0.25, 0.3) is 0 Å². The summed E-state index contributed by atoms with van der Waals surface area (Å²) in [5, 5.41) is 12.1. The number of methoxy groups -OCH3 is 1. The van der Waals surface area contributed by atoms with Crippen LogP contribution in [-0.4, -0.2) is 92.8 Å². The average molecular weight is 819 g/mol. The Labute approximate surface area is 349 Å². The molecule has 5 aromatic carbocycles. The predicted molar refractivity (Wildman–Crippen MR) is 217 cm³/mol. The van der Waals surface area contributed by atoms with Crippen molar-refractivity contribution in [1.29, 1.82) is 0 Å². The van der Waals surface area contributed by atoms with E-state index >= 15 is 0 Å². The molecule has 12 nitrogen and oxygen atoms in total. The number of ether oxygens (including phenoxy) is 10. The highest BCUT2D eigenvalue weighted by atomic mass is 16.8. The molecule has 1 N–H and O–H groups in total. The molecule has 3 fully saturated rings. The van der Waals surface area contributed by atoms with Crippen LogP contribution in [-0.2, 0) is 67.2 Å². The highest BCUT2D eigenvalue weighted by Gasteiger charge is 2.55. The van der Waals surface area contributed by atoms with Crippen LogP contribution in [0.1, 0.15) is 38.9 Å². The number of carbonyl (C=O) groups is 1. The van der Waals surface area contributed by atoms with E-state index in [4.69, 9.17) is 47.4 Å². The lowest BCUT2D eigenvalue weighted by atomic mass is 9.96. The predicted octanol–water partition coefficient (Wildman–Crippen LogP) is 6.56. The molecule has 3 saturated heterocycles. The summed E-state index contributed by atoms with van der Waals surface area (Å²) in [4.78, 5) is 14.0. The first kappa shape index (κ1) is 41.9. The Hall–Kier alpha value is -4.83. The molecule has 0 aromatic heterocycles. The number of benzene rings is 5. The second kappa shape index (κ2) is 20.6. The second-order valence-corrected chi connectivity index (χ2v) is 14.8. The molecule has 11 atom stereocenters. The van der Waals surface area contributed by atoms with Gasteiger partial charge in [0.1, 0.15) is 42.7 Å². The van der Waals surface area contributed by atoms with Crippen LogP contribution in [0.5, 0.6) is 0 Å². The monoisotopic (exact) mass is 818 g/mol. The summed E-state index contributed by atoms with van der Waals surface area (Å²) in [5.74, 6) is -0.631. The van der Waals surface area contributed by atoms with Gasteiger partial charge in [-0.25, -0.2) is 4.79 Å². The summed E-state index contributed by atoms with van der Waals surface area (Å²) in [5.41, 5.74) is 3.88. The van der Waals surface area contributed by atoms with Gasteiger partial charge < -0.3 is 52.5 Å². The Kier molecular flexibility index (Phi) is 14.4. The first-order chi connectivity index (χ1) is 29.5. The summed E-state index contributed by atoms with van der Waals surface area (Å²) in [7, 11) is 1.46. The fourth-order valence-electron chi connectivity index (χ4n) is 7.64.